The van der Waals surface area contributed by atoms with Gasteiger partial charge in [-0.2, -0.15) is 0 Å². The molecule has 3 nitrogen and oxygen atoms in total. The van der Waals surface area contributed by atoms with E-state index in [0.717, 1.165) is 19.5 Å². The molecule has 1 aromatic carbocycles. The second kappa shape index (κ2) is 6.10. The Balaban J connectivity index is 1.51. The predicted molar refractivity (Wildman–Crippen MR) is 75.4 cm³/mol. The molecule has 4 heteroatoms. The molecular formula is C16H22FNO2. The van der Waals surface area contributed by atoms with Gasteiger partial charge in [-0.05, 0) is 25.0 Å². The van der Waals surface area contributed by atoms with E-state index >= 15 is 0 Å². The van der Waals surface area contributed by atoms with Gasteiger partial charge < -0.3 is 9.47 Å². The molecule has 1 heterocycles. The van der Waals surface area contributed by atoms with Crippen LogP contribution in [0, 0.1) is 5.82 Å². The van der Waals surface area contributed by atoms with Gasteiger partial charge in [-0.15, -0.1) is 0 Å². The maximum Gasteiger partial charge on any atom is 0.126 e. The fourth-order valence-corrected chi connectivity index (χ4v) is 3.32. The minimum absolute atomic E-state index is 0.177. The van der Waals surface area contributed by atoms with Gasteiger partial charge in [0.2, 0.25) is 0 Å². The maximum absolute atomic E-state index is 13.1. The number of hydrogen-bond acceptors (Lipinski definition) is 3. The first-order valence-corrected chi connectivity index (χ1v) is 7.45. The lowest BCUT2D eigenvalue weighted by molar-refractivity contribution is -0.0750. The van der Waals surface area contributed by atoms with Crippen LogP contribution in [0.1, 0.15) is 25.7 Å². The highest BCUT2D eigenvalue weighted by Crippen LogP contribution is 2.29. The third-order valence-electron chi connectivity index (χ3n) is 4.41. The second-order valence-electron chi connectivity index (χ2n) is 5.78. The van der Waals surface area contributed by atoms with Crippen molar-refractivity contribution in [2.75, 3.05) is 20.2 Å². The topological polar surface area (TPSA) is 21.7 Å². The van der Waals surface area contributed by atoms with Crippen LogP contribution in [-0.2, 0) is 4.74 Å². The van der Waals surface area contributed by atoms with Gasteiger partial charge in [0.25, 0.3) is 0 Å². The quantitative estimate of drug-likeness (QED) is 0.846. The van der Waals surface area contributed by atoms with Crippen molar-refractivity contribution in [3.05, 3.63) is 30.1 Å². The minimum Gasteiger partial charge on any atom is -0.488 e. The zero-order chi connectivity index (χ0) is 13.9. The van der Waals surface area contributed by atoms with E-state index in [0.29, 0.717) is 17.9 Å². The summed E-state index contributed by atoms with van der Waals surface area (Å²) < 4.78 is 24.5. The first-order chi connectivity index (χ1) is 9.76. The largest absolute Gasteiger partial charge is 0.488 e. The molecule has 1 aromatic rings. The van der Waals surface area contributed by atoms with E-state index in [1.54, 1.807) is 6.07 Å². The molecule has 0 aromatic heterocycles. The SMILES string of the molecule is COC1CCCCC1N1CC(Oc2cccc(F)c2)C1. The summed E-state index contributed by atoms with van der Waals surface area (Å²) in [6, 6.07) is 6.90. The number of ether oxygens (including phenoxy) is 2. The Morgan fingerprint density at radius 3 is 2.75 bits per heavy atom. The van der Waals surface area contributed by atoms with Crippen molar-refractivity contribution in [1.29, 1.82) is 0 Å². The average molecular weight is 279 g/mol. The molecule has 0 radical (unpaired) electrons. The molecular weight excluding hydrogens is 257 g/mol. The number of halogens is 1. The molecule has 2 unspecified atom stereocenters. The summed E-state index contributed by atoms with van der Waals surface area (Å²) in [5.41, 5.74) is 0. The normalized spacial score (nSPS) is 28.1. The molecule has 1 saturated carbocycles. The lowest BCUT2D eigenvalue weighted by Crippen LogP contribution is -2.61. The summed E-state index contributed by atoms with van der Waals surface area (Å²) in [6.07, 6.45) is 5.47. The molecule has 0 amide bonds. The third-order valence-corrected chi connectivity index (χ3v) is 4.41. The molecule has 20 heavy (non-hydrogen) atoms. The number of methoxy groups -OCH3 is 1. The number of nitrogens with zero attached hydrogens (tertiary/aromatic N) is 1. The number of likely N-dealkylation sites (tertiary alicyclic amines) is 1. The van der Waals surface area contributed by atoms with Gasteiger partial charge in [-0.25, -0.2) is 4.39 Å². The zero-order valence-corrected chi connectivity index (χ0v) is 11.9. The Bertz CT molecular complexity index is 448. The van der Waals surface area contributed by atoms with Crippen molar-refractivity contribution in [2.24, 2.45) is 0 Å². The molecule has 0 spiro atoms. The summed E-state index contributed by atoms with van der Waals surface area (Å²) in [4.78, 5) is 2.44. The Kier molecular flexibility index (Phi) is 4.22. The lowest BCUT2D eigenvalue weighted by atomic mass is 9.89. The summed E-state index contributed by atoms with van der Waals surface area (Å²) >= 11 is 0. The van der Waals surface area contributed by atoms with E-state index in [4.69, 9.17) is 9.47 Å². The van der Waals surface area contributed by atoms with E-state index < -0.39 is 0 Å². The van der Waals surface area contributed by atoms with Crippen molar-refractivity contribution in [3.8, 4) is 5.75 Å². The highest BCUT2D eigenvalue weighted by atomic mass is 19.1. The second-order valence-corrected chi connectivity index (χ2v) is 5.78. The van der Waals surface area contributed by atoms with Gasteiger partial charge in [0.1, 0.15) is 17.7 Å². The molecule has 3 rings (SSSR count). The highest BCUT2D eigenvalue weighted by molar-refractivity contribution is 5.23. The molecule has 2 fully saturated rings. The van der Waals surface area contributed by atoms with Gasteiger partial charge in [0.15, 0.2) is 0 Å². The van der Waals surface area contributed by atoms with Crippen LogP contribution in [0.25, 0.3) is 0 Å². The number of rotatable bonds is 4. The zero-order valence-electron chi connectivity index (χ0n) is 11.9. The molecule has 2 aliphatic rings. The summed E-state index contributed by atoms with van der Waals surface area (Å²) in [6.45, 7) is 1.84. The van der Waals surface area contributed by atoms with Crippen LogP contribution in [0.5, 0.6) is 5.75 Å². The van der Waals surface area contributed by atoms with Gasteiger partial charge >= 0.3 is 0 Å². The molecule has 1 saturated heterocycles. The molecule has 2 atom stereocenters. The smallest absolute Gasteiger partial charge is 0.126 e. The molecule has 1 aliphatic heterocycles. The van der Waals surface area contributed by atoms with E-state index in [2.05, 4.69) is 4.90 Å². The van der Waals surface area contributed by atoms with Crippen LogP contribution in [0.15, 0.2) is 24.3 Å². The van der Waals surface area contributed by atoms with E-state index in [1.165, 1.54) is 31.4 Å². The van der Waals surface area contributed by atoms with Crippen LogP contribution >= 0.6 is 0 Å². The maximum atomic E-state index is 13.1. The monoisotopic (exact) mass is 279 g/mol. The van der Waals surface area contributed by atoms with E-state index in [9.17, 15) is 4.39 Å². The van der Waals surface area contributed by atoms with E-state index in [-0.39, 0.29) is 11.9 Å². The first-order valence-electron chi connectivity index (χ1n) is 7.45. The van der Waals surface area contributed by atoms with Crippen LogP contribution in [0.4, 0.5) is 4.39 Å². The van der Waals surface area contributed by atoms with Crippen molar-refractivity contribution in [3.63, 3.8) is 0 Å². The Morgan fingerprint density at radius 2 is 2.00 bits per heavy atom. The molecule has 1 aliphatic carbocycles. The Morgan fingerprint density at radius 1 is 1.20 bits per heavy atom. The fraction of sp³-hybridized carbons (Fsp3) is 0.625. The van der Waals surface area contributed by atoms with Crippen LogP contribution < -0.4 is 4.74 Å². The van der Waals surface area contributed by atoms with Gasteiger partial charge in [-0.1, -0.05) is 18.9 Å². The van der Waals surface area contributed by atoms with Crippen molar-refractivity contribution in [1.82, 2.24) is 4.90 Å². The average Bonchev–Trinajstić information content (AvgIpc) is 2.42. The van der Waals surface area contributed by atoms with Gasteiger partial charge in [0.05, 0.1) is 6.10 Å². The Hall–Kier alpha value is -1.13. The highest BCUT2D eigenvalue weighted by Gasteiger charge is 2.38. The van der Waals surface area contributed by atoms with Crippen LogP contribution in [0.2, 0.25) is 0 Å². The van der Waals surface area contributed by atoms with Gasteiger partial charge in [0, 0.05) is 32.3 Å². The molecule has 110 valence electrons. The summed E-state index contributed by atoms with van der Waals surface area (Å²) in [5, 5.41) is 0. The Labute approximate surface area is 119 Å². The summed E-state index contributed by atoms with van der Waals surface area (Å²) in [5.74, 6) is 0.381. The van der Waals surface area contributed by atoms with Gasteiger partial charge in [-0.3, -0.25) is 4.90 Å². The van der Waals surface area contributed by atoms with Crippen LogP contribution in [-0.4, -0.2) is 43.3 Å². The fourth-order valence-electron chi connectivity index (χ4n) is 3.32. The minimum atomic E-state index is -0.245. The standard InChI is InChI=1S/C16H22FNO2/c1-19-16-8-3-2-7-15(16)18-10-14(11-18)20-13-6-4-5-12(17)9-13/h4-6,9,14-16H,2-3,7-8,10-11H2,1H3. The number of benzene rings is 1. The molecule has 0 bridgehead atoms. The summed E-state index contributed by atoms with van der Waals surface area (Å²) in [7, 11) is 1.81. The van der Waals surface area contributed by atoms with Crippen molar-refractivity contribution < 1.29 is 13.9 Å². The number of hydrogen-bond donors (Lipinski definition) is 0. The predicted octanol–water partition coefficient (Wildman–Crippen LogP) is 2.85. The van der Waals surface area contributed by atoms with Crippen molar-refractivity contribution >= 4 is 0 Å². The van der Waals surface area contributed by atoms with Crippen molar-refractivity contribution in [2.45, 2.75) is 43.9 Å². The molecule has 0 N–H and O–H groups in total. The van der Waals surface area contributed by atoms with Crippen LogP contribution in [0.3, 0.4) is 0 Å². The van der Waals surface area contributed by atoms with E-state index in [1.807, 2.05) is 13.2 Å². The third kappa shape index (κ3) is 2.96. The lowest BCUT2D eigenvalue weighted by Gasteiger charge is -2.47. The first kappa shape index (κ1) is 13.8.